The Kier molecular flexibility index (Phi) is 6.05. The zero-order valence-corrected chi connectivity index (χ0v) is 17.4. The minimum absolute atomic E-state index is 0.0733. The van der Waals surface area contributed by atoms with Crippen molar-refractivity contribution >= 4 is 28.5 Å². The van der Waals surface area contributed by atoms with Crippen molar-refractivity contribution < 1.29 is 14.4 Å². The molecule has 0 spiro atoms. The van der Waals surface area contributed by atoms with Crippen LogP contribution in [0.5, 0.6) is 0 Å². The van der Waals surface area contributed by atoms with E-state index < -0.39 is 23.3 Å². The molecule has 1 aliphatic rings. The molecule has 1 aromatic heterocycles. The lowest BCUT2D eigenvalue weighted by atomic mass is 9.86. The van der Waals surface area contributed by atoms with Gasteiger partial charge in [-0.2, -0.15) is 5.10 Å². The normalized spacial score (nSPS) is 16.5. The van der Waals surface area contributed by atoms with Crippen LogP contribution in [0.15, 0.2) is 24.3 Å². The first kappa shape index (κ1) is 21.0. The third-order valence-corrected chi connectivity index (χ3v) is 5.67. The number of aromatic nitrogens is 2. The Morgan fingerprint density at radius 3 is 2.45 bits per heavy atom. The van der Waals surface area contributed by atoms with Crippen molar-refractivity contribution in [2.45, 2.75) is 65.5 Å². The van der Waals surface area contributed by atoms with E-state index >= 15 is 0 Å². The molecule has 1 aliphatic carbocycles. The van der Waals surface area contributed by atoms with Gasteiger partial charge in [-0.1, -0.05) is 58.2 Å². The maximum atomic E-state index is 12.9. The van der Waals surface area contributed by atoms with E-state index in [0.29, 0.717) is 5.39 Å². The molecular weight excluding hydrogens is 368 g/mol. The highest BCUT2D eigenvalue weighted by molar-refractivity contribution is 6.06. The molecule has 0 aliphatic heterocycles. The molecule has 3 N–H and O–H groups in total. The number of Topliss-reactive ketones (excluding diaryl/α,β-unsaturated/α-hetero) is 1. The van der Waals surface area contributed by atoms with Crippen LogP contribution >= 0.6 is 0 Å². The molecule has 156 valence electrons. The van der Waals surface area contributed by atoms with Gasteiger partial charge in [0, 0.05) is 11.3 Å². The third-order valence-electron chi connectivity index (χ3n) is 5.67. The van der Waals surface area contributed by atoms with Crippen molar-refractivity contribution in [3.8, 4) is 0 Å². The summed E-state index contributed by atoms with van der Waals surface area (Å²) in [6, 6.07) is 6.50. The number of fused-ring (bicyclic) bond motifs is 1. The van der Waals surface area contributed by atoms with Crippen molar-refractivity contribution in [2.24, 2.45) is 17.1 Å². The molecule has 0 saturated heterocycles. The molecule has 1 unspecified atom stereocenters. The van der Waals surface area contributed by atoms with E-state index in [1.54, 1.807) is 10.7 Å². The Hall–Kier alpha value is -2.70. The van der Waals surface area contributed by atoms with Gasteiger partial charge in [0.2, 0.25) is 5.91 Å². The lowest BCUT2D eigenvalue weighted by molar-refractivity contribution is -0.124. The lowest BCUT2D eigenvalue weighted by Crippen LogP contribution is -2.52. The summed E-state index contributed by atoms with van der Waals surface area (Å²) in [5.41, 5.74) is 5.89. The number of hydrogen-bond donors (Lipinski definition) is 2. The van der Waals surface area contributed by atoms with Crippen LogP contribution in [0.2, 0.25) is 0 Å². The molecule has 1 aromatic carbocycles. The van der Waals surface area contributed by atoms with Gasteiger partial charge in [-0.15, -0.1) is 0 Å². The lowest BCUT2D eigenvalue weighted by Gasteiger charge is -2.28. The first-order valence-corrected chi connectivity index (χ1v) is 10.3. The second kappa shape index (κ2) is 8.35. The smallest absolute Gasteiger partial charge is 0.273 e. The number of rotatable bonds is 6. The number of carbonyl (C=O) groups excluding carboxylic acids is 3. The van der Waals surface area contributed by atoms with Crippen LogP contribution in [0.4, 0.5) is 0 Å². The molecule has 7 heteroatoms. The summed E-state index contributed by atoms with van der Waals surface area (Å²) in [6.07, 6.45) is 5.22. The molecule has 3 rings (SSSR count). The number of hydrogen-bond acceptors (Lipinski definition) is 4. The standard InChI is InChI=1S/C22H30N4O3/c1-22(2,3)19(20(23)28)24-21(29)18-15-11-7-8-12-16(15)26(25-18)13-17(27)14-9-5-4-6-10-14/h7-8,11-12,14,19H,4-6,9-10,13H2,1-3H3,(H2,23,28)(H,24,29). The Balaban J connectivity index is 1.88. The molecule has 0 radical (unpaired) electrons. The van der Waals surface area contributed by atoms with E-state index in [9.17, 15) is 14.4 Å². The largest absolute Gasteiger partial charge is 0.368 e. The minimum Gasteiger partial charge on any atom is -0.368 e. The summed E-state index contributed by atoms with van der Waals surface area (Å²) < 4.78 is 1.61. The Bertz CT molecular complexity index is 920. The van der Waals surface area contributed by atoms with Gasteiger partial charge in [-0.3, -0.25) is 19.1 Å². The molecule has 7 nitrogen and oxygen atoms in total. The van der Waals surface area contributed by atoms with E-state index in [-0.39, 0.29) is 23.9 Å². The zero-order chi connectivity index (χ0) is 21.2. The van der Waals surface area contributed by atoms with E-state index in [1.807, 2.05) is 39.0 Å². The zero-order valence-electron chi connectivity index (χ0n) is 17.4. The van der Waals surface area contributed by atoms with Crippen molar-refractivity contribution in [3.05, 3.63) is 30.0 Å². The third kappa shape index (κ3) is 4.66. The first-order chi connectivity index (χ1) is 13.7. The number of nitrogens with two attached hydrogens (primary N) is 1. The summed E-state index contributed by atoms with van der Waals surface area (Å²) in [5, 5.41) is 7.82. The fourth-order valence-corrected chi connectivity index (χ4v) is 4.03. The predicted molar refractivity (Wildman–Crippen MR) is 111 cm³/mol. The van der Waals surface area contributed by atoms with E-state index in [0.717, 1.165) is 31.2 Å². The monoisotopic (exact) mass is 398 g/mol. The van der Waals surface area contributed by atoms with E-state index in [1.165, 1.54) is 6.42 Å². The molecule has 1 fully saturated rings. The second-order valence-corrected chi connectivity index (χ2v) is 9.00. The number of benzene rings is 1. The van der Waals surface area contributed by atoms with Gasteiger partial charge in [0.1, 0.15) is 12.6 Å². The number of carbonyl (C=O) groups is 3. The Morgan fingerprint density at radius 2 is 1.83 bits per heavy atom. The average Bonchev–Trinajstić information content (AvgIpc) is 3.04. The van der Waals surface area contributed by atoms with Crippen LogP contribution in [0.3, 0.4) is 0 Å². The van der Waals surface area contributed by atoms with Gasteiger partial charge in [-0.05, 0) is 24.3 Å². The highest BCUT2D eigenvalue weighted by atomic mass is 16.2. The van der Waals surface area contributed by atoms with Crippen molar-refractivity contribution in [3.63, 3.8) is 0 Å². The molecular formula is C22H30N4O3. The maximum Gasteiger partial charge on any atom is 0.273 e. The quantitative estimate of drug-likeness (QED) is 0.780. The van der Waals surface area contributed by atoms with Crippen LogP contribution < -0.4 is 11.1 Å². The fraction of sp³-hybridized carbons (Fsp3) is 0.545. The number of nitrogens with zero attached hydrogens (tertiary/aromatic N) is 2. The number of amides is 2. The van der Waals surface area contributed by atoms with Crippen molar-refractivity contribution in [1.29, 1.82) is 0 Å². The van der Waals surface area contributed by atoms with Crippen molar-refractivity contribution in [1.82, 2.24) is 15.1 Å². The molecule has 1 atom stereocenters. The van der Waals surface area contributed by atoms with Crippen LogP contribution in [0.1, 0.15) is 63.4 Å². The summed E-state index contributed by atoms with van der Waals surface area (Å²) in [4.78, 5) is 37.5. The summed E-state index contributed by atoms with van der Waals surface area (Å²) in [5.74, 6) is -0.829. The molecule has 0 bridgehead atoms. The predicted octanol–water partition coefficient (Wildman–Crippen LogP) is 2.82. The summed E-state index contributed by atoms with van der Waals surface area (Å²) >= 11 is 0. The van der Waals surface area contributed by atoms with E-state index in [4.69, 9.17) is 5.73 Å². The van der Waals surface area contributed by atoms with Gasteiger partial charge in [0.25, 0.3) is 5.91 Å². The van der Waals surface area contributed by atoms with Crippen LogP contribution in [-0.2, 0) is 16.1 Å². The SMILES string of the molecule is CC(C)(C)C(NC(=O)c1nn(CC(=O)C2CCCCC2)c2ccccc12)C(N)=O. The number of primary amides is 1. The van der Waals surface area contributed by atoms with Gasteiger partial charge in [0.05, 0.1) is 5.52 Å². The molecule has 29 heavy (non-hydrogen) atoms. The van der Waals surface area contributed by atoms with Gasteiger partial charge < -0.3 is 11.1 Å². The molecule has 1 saturated carbocycles. The highest BCUT2D eigenvalue weighted by Crippen LogP contribution is 2.26. The van der Waals surface area contributed by atoms with Gasteiger partial charge >= 0.3 is 0 Å². The van der Waals surface area contributed by atoms with Crippen molar-refractivity contribution in [2.75, 3.05) is 0 Å². The number of nitrogens with one attached hydrogen (secondary N) is 1. The van der Waals surface area contributed by atoms with Crippen LogP contribution in [0, 0.1) is 11.3 Å². The minimum atomic E-state index is -0.831. The molecule has 1 heterocycles. The van der Waals surface area contributed by atoms with Gasteiger partial charge in [0.15, 0.2) is 11.5 Å². The fourth-order valence-electron chi connectivity index (χ4n) is 4.03. The highest BCUT2D eigenvalue weighted by Gasteiger charge is 2.32. The van der Waals surface area contributed by atoms with E-state index in [2.05, 4.69) is 10.4 Å². The molecule has 2 aromatic rings. The Morgan fingerprint density at radius 1 is 1.17 bits per heavy atom. The summed E-state index contributed by atoms with van der Waals surface area (Å²) in [6.45, 7) is 5.66. The number of para-hydroxylation sites is 1. The maximum absolute atomic E-state index is 12.9. The van der Waals surface area contributed by atoms with Crippen LogP contribution in [0.25, 0.3) is 10.9 Å². The first-order valence-electron chi connectivity index (χ1n) is 10.3. The summed E-state index contributed by atoms with van der Waals surface area (Å²) in [7, 11) is 0. The Labute approximate surface area is 171 Å². The number of ketones is 1. The van der Waals surface area contributed by atoms with Crippen LogP contribution in [-0.4, -0.2) is 33.4 Å². The molecule has 2 amide bonds. The second-order valence-electron chi connectivity index (χ2n) is 9.00. The van der Waals surface area contributed by atoms with Gasteiger partial charge in [-0.25, -0.2) is 0 Å². The average molecular weight is 399 g/mol. The topological polar surface area (TPSA) is 107 Å².